The summed E-state index contributed by atoms with van der Waals surface area (Å²) in [6, 6.07) is 71.9. The Morgan fingerprint density at radius 2 is 0.891 bits per heavy atom. The molecule has 10 aromatic rings. The maximum absolute atomic E-state index is 5.71. The Bertz CT molecular complexity index is 2850. The van der Waals surface area contributed by atoms with Crippen LogP contribution in [0.5, 0.6) is 0 Å². The molecular weight excluding hydrogens is 669 g/mol. The molecule has 0 aliphatic carbocycles. The van der Waals surface area contributed by atoms with Gasteiger partial charge >= 0.3 is 0 Å². The predicted molar refractivity (Wildman–Crippen MR) is 229 cm³/mol. The van der Waals surface area contributed by atoms with Crippen LogP contribution in [-0.2, 0) is 0 Å². The number of hydrogen-bond donors (Lipinski definition) is 0. The Hall–Kier alpha value is -7.43. The highest BCUT2D eigenvalue weighted by Crippen LogP contribution is 2.46. The fourth-order valence-corrected chi connectivity index (χ4v) is 7.72. The number of para-hydroxylation sites is 3. The number of fused-ring (bicyclic) bond motifs is 5. The maximum Gasteiger partial charge on any atom is 0.160 e. The van der Waals surface area contributed by atoms with Crippen molar-refractivity contribution in [3.05, 3.63) is 206 Å². The second kappa shape index (κ2) is 13.8. The average Bonchev–Trinajstić information content (AvgIpc) is 3.27. The highest BCUT2D eigenvalue weighted by Gasteiger charge is 2.23. The Labute approximate surface area is 319 Å². The van der Waals surface area contributed by atoms with Gasteiger partial charge in [-0.2, -0.15) is 0 Å². The van der Waals surface area contributed by atoms with Crippen molar-refractivity contribution in [3.63, 3.8) is 0 Å². The second-order valence-corrected chi connectivity index (χ2v) is 13.6. The summed E-state index contributed by atoms with van der Waals surface area (Å²) in [5.74, 6) is 0.678. The number of hydrogen-bond acceptors (Lipinski definition) is 4. The fraction of sp³-hybridized carbons (Fsp3) is 0. The molecule has 258 valence electrons. The van der Waals surface area contributed by atoms with Crippen LogP contribution >= 0.6 is 0 Å². The number of benzene rings is 8. The Balaban J connectivity index is 1.36. The number of aromatic nitrogens is 3. The zero-order chi connectivity index (χ0) is 36.6. The minimum atomic E-state index is 0.678. The molecule has 8 aromatic carbocycles. The van der Waals surface area contributed by atoms with Crippen molar-refractivity contribution in [2.45, 2.75) is 0 Å². The molecule has 0 saturated carbocycles. The lowest BCUT2D eigenvalue weighted by Gasteiger charge is -2.27. The van der Waals surface area contributed by atoms with Gasteiger partial charge in [-0.3, -0.25) is 0 Å². The molecule has 0 N–H and O–H groups in total. The van der Waals surface area contributed by atoms with E-state index in [-0.39, 0.29) is 0 Å². The van der Waals surface area contributed by atoms with Gasteiger partial charge in [0.15, 0.2) is 5.82 Å². The van der Waals surface area contributed by atoms with Crippen molar-refractivity contribution in [2.24, 2.45) is 0 Å². The minimum absolute atomic E-state index is 0.678. The zero-order valence-electron chi connectivity index (χ0n) is 29.9. The molecule has 0 amide bonds. The van der Waals surface area contributed by atoms with Crippen LogP contribution in [0.2, 0.25) is 0 Å². The van der Waals surface area contributed by atoms with Gasteiger partial charge in [0.1, 0.15) is 0 Å². The molecule has 0 spiro atoms. The van der Waals surface area contributed by atoms with Gasteiger partial charge in [-0.15, -0.1) is 0 Å². The highest BCUT2D eigenvalue weighted by molar-refractivity contribution is 6.27. The molecule has 0 aliphatic heterocycles. The van der Waals surface area contributed by atoms with E-state index in [1.807, 2.05) is 24.3 Å². The molecule has 0 unspecified atom stereocenters. The summed E-state index contributed by atoms with van der Waals surface area (Å²) in [5, 5.41) is 5.56. The maximum atomic E-state index is 5.71. The SMILES string of the molecule is c1ccc(-c2cc(-c3cc4ccccc4c4c3c(-c3ccccc3)nc3c(N(c5ccccc5)c5ccccc5)cccc34)nc(-c3ccccc3)n2)cc1. The van der Waals surface area contributed by atoms with Crippen molar-refractivity contribution in [3.8, 4) is 45.2 Å². The van der Waals surface area contributed by atoms with Gasteiger partial charge in [-0.25, -0.2) is 15.0 Å². The molecule has 10 rings (SSSR count). The molecule has 0 bridgehead atoms. The standard InChI is InChI=1S/C51H34N4/c1-6-19-35(20-7-1)44-34-45(53-51(52-44)37-23-10-3-11-24-37)43-33-38-25-16-17-30-41(38)47-42-31-18-32-46(50(42)54-49(48(43)47)36-21-8-2-9-22-36)55(39-26-12-4-13-27-39)40-28-14-5-15-29-40/h1-34H. The number of nitrogens with zero attached hydrogens (tertiary/aromatic N) is 4. The molecule has 0 radical (unpaired) electrons. The molecule has 0 aliphatic rings. The van der Waals surface area contributed by atoms with Gasteiger partial charge in [-0.1, -0.05) is 164 Å². The van der Waals surface area contributed by atoms with Crippen molar-refractivity contribution >= 4 is 49.5 Å². The summed E-state index contributed by atoms with van der Waals surface area (Å²) >= 11 is 0. The van der Waals surface area contributed by atoms with Gasteiger partial charge in [0.2, 0.25) is 0 Å². The van der Waals surface area contributed by atoms with Gasteiger partial charge < -0.3 is 4.90 Å². The lowest BCUT2D eigenvalue weighted by Crippen LogP contribution is -2.11. The summed E-state index contributed by atoms with van der Waals surface area (Å²) in [6.45, 7) is 0. The Kier molecular flexibility index (Phi) is 8.12. The zero-order valence-corrected chi connectivity index (χ0v) is 29.9. The van der Waals surface area contributed by atoms with Crippen molar-refractivity contribution < 1.29 is 0 Å². The lowest BCUT2D eigenvalue weighted by molar-refractivity contribution is 1.18. The van der Waals surface area contributed by atoms with E-state index in [4.69, 9.17) is 15.0 Å². The van der Waals surface area contributed by atoms with Crippen LogP contribution in [0, 0.1) is 0 Å². The van der Waals surface area contributed by atoms with Crippen LogP contribution in [0.4, 0.5) is 17.1 Å². The quantitative estimate of drug-likeness (QED) is 0.155. The molecule has 0 saturated heterocycles. The highest BCUT2D eigenvalue weighted by atomic mass is 15.1. The van der Waals surface area contributed by atoms with Crippen molar-refractivity contribution in [1.29, 1.82) is 0 Å². The van der Waals surface area contributed by atoms with Gasteiger partial charge in [-0.05, 0) is 53.2 Å². The number of anilines is 3. The summed E-state index contributed by atoms with van der Waals surface area (Å²) in [5.41, 5.74) is 10.7. The van der Waals surface area contributed by atoms with E-state index in [1.54, 1.807) is 0 Å². The van der Waals surface area contributed by atoms with E-state index in [1.165, 1.54) is 0 Å². The third-order valence-corrected chi connectivity index (χ3v) is 10.2. The predicted octanol–water partition coefficient (Wildman–Crippen LogP) is 13.5. The monoisotopic (exact) mass is 702 g/mol. The summed E-state index contributed by atoms with van der Waals surface area (Å²) in [4.78, 5) is 18.5. The lowest BCUT2D eigenvalue weighted by atomic mass is 9.89. The fourth-order valence-electron chi connectivity index (χ4n) is 7.72. The normalized spacial score (nSPS) is 11.3. The topological polar surface area (TPSA) is 41.9 Å². The van der Waals surface area contributed by atoms with Crippen molar-refractivity contribution in [1.82, 2.24) is 15.0 Å². The summed E-state index contributed by atoms with van der Waals surface area (Å²) < 4.78 is 0. The molecule has 4 heteroatoms. The number of rotatable bonds is 7. The van der Waals surface area contributed by atoms with E-state index < -0.39 is 0 Å². The van der Waals surface area contributed by atoms with E-state index in [0.717, 1.165) is 88.8 Å². The third kappa shape index (κ3) is 5.87. The first-order chi connectivity index (χ1) is 27.3. The van der Waals surface area contributed by atoms with Crippen LogP contribution in [0.25, 0.3) is 77.6 Å². The summed E-state index contributed by atoms with van der Waals surface area (Å²) in [7, 11) is 0. The van der Waals surface area contributed by atoms with Gasteiger partial charge in [0.25, 0.3) is 0 Å². The first-order valence-electron chi connectivity index (χ1n) is 18.5. The first-order valence-corrected chi connectivity index (χ1v) is 18.5. The molecule has 2 aromatic heterocycles. The van der Waals surface area contributed by atoms with Crippen LogP contribution in [-0.4, -0.2) is 15.0 Å². The largest absolute Gasteiger partial charge is 0.308 e. The van der Waals surface area contributed by atoms with Crippen LogP contribution in [0.3, 0.4) is 0 Å². The van der Waals surface area contributed by atoms with Crippen LogP contribution in [0.1, 0.15) is 0 Å². The average molecular weight is 703 g/mol. The van der Waals surface area contributed by atoms with Gasteiger partial charge in [0.05, 0.1) is 28.3 Å². The molecule has 4 nitrogen and oxygen atoms in total. The van der Waals surface area contributed by atoms with E-state index in [9.17, 15) is 0 Å². The molecule has 55 heavy (non-hydrogen) atoms. The molecule has 0 fully saturated rings. The first kappa shape index (κ1) is 32.2. The summed E-state index contributed by atoms with van der Waals surface area (Å²) in [6.07, 6.45) is 0. The second-order valence-electron chi connectivity index (χ2n) is 13.6. The van der Waals surface area contributed by atoms with E-state index in [2.05, 4.69) is 187 Å². The molecule has 0 atom stereocenters. The van der Waals surface area contributed by atoms with E-state index in [0.29, 0.717) is 5.82 Å². The van der Waals surface area contributed by atoms with Crippen LogP contribution in [0.15, 0.2) is 206 Å². The smallest absolute Gasteiger partial charge is 0.160 e. The Morgan fingerprint density at radius 3 is 1.55 bits per heavy atom. The Morgan fingerprint density at radius 1 is 0.364 bits per heavy atom. The van der Waals surface area contributed by atoms with Crippen molar-refractivity contribution in [2.75, 3.05) is 4.90 Å². The van der Waals surface area contributed by atoms with Gasteiger partial charge in [0, 0.05) is 49.8 Å². The minimum Gasteiger partial charge on any atom is -0.308 e. The third-order valence-electron chi connectivity index (χ3n) is 10.2. The number of pyridine rings is 1. The van der Waals surface area contributed by atoms with Crippen LogP contribution < -0.4 is 4.90 Å². The molecule has 2 heterocycles. The van der Waals surface area contributed by atoms with E-state index >= 15 is 0 Å². The molecular formula is C51H34N4.